The van der Waals surface area contributed by atoms with Crippen molar-refractivity contribution in [2.24, 2.45) is 47.3 Å². The van der Waals surface area contributed by atoms with Crippen molar-refractivity contribution < 1.29 is 19.0 Å². The third-order valence-electron chi connectivity index (χ3n) is 6.92. The highest BCUT2D eigenvalue weighted by molar-refractivity contribution is 5.73. The molecule has 7 atom stereocenters. The van der Waals surface area contributed by atoms with E-state index < -0.39 is 0 Å². The Hall–Kier alpha value is -0.870. The van der Waals surface area contributed by atoms with Crippen molar-refractivity contribution in [1.29, 1.82) is 0 Å². The summed E-state index contributed by atoms with van der Waals surface area (Å²) in [6.07, 6.45) is 8.51. The summed E-state index contributed by atoms with van der Waals surface area (Å²) in [5.41, 5.74) is 0. The lowest BCUT2D eigenvalue weighted by Crippen LogP contribution is -2.36. The van der Waals surface area contributed by atoms with Crippen LogP contribution in [0, 0.1) is 47.3 Å². The SMILES string of the molecule is O=C(OCOCC1COC1)C1CC2CC1C1C3C=CC(C3)C21. The Morgan fingerprint density at radius 2 is 1.91 bits per heavy atom. The summed E-state index contributed by atoms with van der Waals surface area (Å²) in [5, 5.41) is 0. The molecule has 1 saturated heterocycles. The summed E-state index contributed by atoms with van der Waals surface area (Å²) in [4.78, 5) is 12.4. The Morgan fingerprint density at radius 1 is 1.09 bits per heavy atom. The summed E-state index contributed by atoms with van der Waals surface area (Å²) in [6.45, 7) is 2.31. The van der Waals surface area contributed by atoms with Crippen LogP contribution in [0.2, 0.25) is 0 Å². The Morgan fingerprint density at radius 3 is 2.68 bits per heavy atom. The molecule has 0 aromatic heterocycles. The molecule has 1 heterocycles. The number of ether oxygens (including phenoxy) is 3. The van der Waals surface area contributed by atoms with E-state index in [4.69, 9.17) is 14.2 Å². The number of hydrogen-bond donors (Lipinski definition) is 0. The van der Waals surface area contributed by atoms with Crippen molar-refractivity contribution in [2.75, 3.05) is 26.6 Å². The van der Waals surface area contributed by atoms with Gasteiger partial charge in [-0.25, -0.2) is 0 Å². The summed E-state index contributed by atoms with van der Waals surface area (Å²) in [7, 11) is 0. The summed E-state index contributed by atoms with van der Waals surface area (Å²) >= 11 is 0. The molecule has 22 heavy (non-hydrogen) atoms. The molecule has 0 spiro atoms. The van der Waals surface area contributed by atoms with Gasteiger partial charge in [-0.05, 0) is 54.8 Å². The van der Waals surface area contributed by atoms with Crippen LogP contribution in [-0.2, 0) is 19.0 Å². The van der Waals surface area contributed by atoms with E-state index in [2.05, 4.69) is 12.2 Å². The lowest BCUT2D eigenvalue weighted by molar-refractivity contribution is -0.169. The van der Waals surface area contributed by atoms with Crippen molar-refractivity contribution >= 4 is 5.97 Å². The average Bonchev–Trinajstić information content (AvgIpc) is 3.22. The van der Waals surface area contributed by atoms with E-state index in [1.807, 2.05) is 0 Å². The predicted octanol–water partition coefficient (Wildman–Crippen LogP) is 2.24. The van der Waals surface area contributed by atoms with Gasteiger partial charge in [0.2, 0.25) is 0 Å². The predicted molar refractivity (Wildman–Crippen MR) is 78.6 cm³/mol. The molecule has 0 aromatic carbocycles. The van der Waals surface area contributed by atoms with Gasteiger partial charge in [0.25, 0.3) is 0 Å². The van der Waals surface area contributed by atoms with Crippen molar-refractivity contribution in [1.82, 2.24) is 0 Å². The second-order valence-electron chi connectivity index (χ2n) is 7.96. The zero-order valence-electron chi connectivity index (χ0n) is 12.9. The van der Waals surface area contributed by atoms with E-state index in [9.17, 15) is 4.79 Å². The van der Waals surface area contributed by atoms with Crippen LogP contribution in [0.1, 0.15) is 19.3 Å². The molecule has 4 bridgehead atoms. The maximum Gasteiger partial charge on any atom is 0.311 e. The molecule has 4 fully saturated rings. The molecule has 5 rings (SSSR count). The van der Waals surface area contributed by atoms with Crippen LogP contribution >= 0.6 is 0 Å². The van der Waals surface area contributed by atoms with E-state index in [0.717, 1.165) is 49.2 Å². The Labute approximate surface area is 131 Å². The molecule has 4 aliphatic carbocycles. The number of carbonyl (C=O) groups is 1. The molecule has 0 radical (unpaired) electrons. The van der Waals surface area contributed by atoms with Gasteiger partial charge in [-0.15, -0.1) is 0 Å². The molecule has 7 unspecified atom stereocenters. The maximum atomic E-state index is 12.4. The zero-order chi connectivity index (χ0) is 14.7. The molecule has 4 nitrogen and oxygen atoms in total. The lowest BCUT2D eigenvalue weighted by Gasteiger charge is -2.35. The first-order valence-corrected chi connectivity index (χ1v) is 8.81. The van der Waals surface area contributed by atoms with Crippen LogP contribution in [0.3, 0.4) is 0 Å². The van der Waals surface area contributed by atoms with E-state index in [-0.39, 0.29) is 18.7 Å². The molecule has 4 heteroatoms. The van der Waals surface area contributed by atoms with Gasteiger partial charge in [0.15, 0.2) is 6.79 Å². The standard InChI is InChI=1S/C18H24O4/c19-18(22-9-21-8-10-6-20-7-10)15-5-13-4-14(15)17-12-2-1-11(3-12)16(13)17/h1-2,10-17H,3-9H2. The highest BCUT2D eigenvalue weighted by atomic mass is 16.7. The zero-order valence-corrected chi connectivity index (χ0v) is 12.9. The van der Waals surface area contributed by atoms with Gasteiger partial charge >= 0.3 is 5.97 Å². The minimum atomic E-state index is -0.0115. The molecule has 5 aliphatic rings. The third kappa shape index (κ3) is 1.93. The van der Waals surface area contributed by atoms with Gasteiger partial charge < -0.3 is 14.2 Å². The molecular formula is C18H24O4. The van der Waals surface area contributed by atoms with E-state index in [0.29, 0.717) is 18.4 Å². The molecular weight excluding hydrogens is 280 g/mol. The van der Waals surface area contributed by atoms with E-state index in [1.54, 1.807) is 0 Å². The topological polar surface area (TPSA) is 44.8 Å². The minimum absolute atomic E-state index is 0.0115. The van der Waals surface area contributed by atoms with Gasteiger partial charge in [-0.3, -0.25) is 4.79 Å². The molecule has 3 saturated carbocycles. The second kappa shape index (κ2) is 5.07. The van der Waals surface area contributed by atoms with Crippen LogP contribution in [0.5, 0.6) is 0 Å². The summed E-state index contributed by atoms with van der Waals surface area (Å²) < 4.78 is 16.0. The number of fused-ring (bicyclic) bond motifs is 9. The summed E-state index contributed by atoms with van der Waals surface area (Å²) in [6, 6.07) is 0. The van der Waals surface area contributed by atoms with Gasteiger partial charge in [0.05, 0.1) is 25.7 Å². The molecule has 0 amide bonds. The first kappa shape index (κ1) is 13.6. The van der Waals surface area contributed by atoms with Crippen molar-refractivity contribution in [3.05, 3.63) is 12.2 Å². The average molecular weight is 304 g/mol. The quantitative estimate of drug-likeness (QED) is 0.257. The number of esters is 1. The van der Waals surface area contributed by atoms with Crippen LogP contribution in [0.15, 0.2) is 12.2 Å². The van der Waals surface area contributed by atoms with Crippen LogP contribution < -0.4 is 0 Å². The Balaban J connectivity index is 1.15. The number of hydrogen-bond acceptors (Lipinski definition) is 4. The molecule has 120 valence electrons. The van der Waals surface area contributed by atoms with Crippen LogP contribution in [0.25, 0.3) is 0 Å². The number of allylic oxidation sites excluding steroid dienone is 2. The molecule has 0 N–H and O–H groups in total. The number of carbonyl (C=O) groups excluding carboxylic acids is 1. The molecule has 0 aromatic rings. The van der Waals surface area contributed by atoms with E-state index >= 15 is 0 Å². The minimum Gasteiger partial charge on any atom is -0.438 e. The lowest BCUT2D eigenvalue weighted by atomic mass is 9.69. The maximum absolute atomic E-state index is 12.4. The largest absolute Gasteiger partial charge is 0.438 e. The Kier molecular flexibility index (Phi) is 3.12. The fraction of sp³-hybridized carbons (Fsp3) is 0.833. The molecule has 1 aliphatic heterocycles. The third-order valence-corrected chi connectivity index (χ3v) is 6.92. The van der Waals surface area contributed by atoms with Crippen LogP contribution in [-0.4, -0.2) is 32.6 Å². The first-order chi connectivity index (χ1) is 10.8. The number of rotatable bonds is 5. The first-order valence-electron chi connectivity index (χ1n) is 8.81. The Bertz CT molecular complexity index is 497. The van der Waals surface area contributed by atoms with Crippen molar-refractivity contribution in [3.63, 3.8) is 0 Å². The highest BCUT2D eigenvalue weighted by Crippen LogP contribution is 2.67. The monoisotopic (exact) mass is 304 g/mol. The summed E-state index contributed by atoms with van der Waals surface area (Å²) in [5.74, 6) is 5.15. The fourth-order valence-electron chi connectivity index (χ4n) is 6.09. The van der Waals surface area contributed by atoms with Crippen molar-refractivity contribution in [3.8, 4) is 0 Å². The van der Waals surface area contributed by atoms with Gasteiger partial charge in [-0.2, -0.15) is 0 Å². The normalized spacial score (nSPS) is 47.7. The van der Waals surface area contributed by atoms with E-state index in [1.165, 1.54) is 12.8 Å². The highest BCUT2D eigenvalue weighted by Gasteiger charge is 2.62. The van der Waals surface area contributed by atoms with Gasteiger partial charge in [0, 0.05) is 5.92 Å². The second-order valence-corrected chi connectivity index (χ2v) is 7.96. The smallest absolute Gasteiger partial charge is 0.311 e. The van der Waals surface area contributed by atoms with Crippen LogP contribution in [0.4, 0.5) is 0 Å². The van der Waals surface area contributed by atoms with Crippen molar-refractivity contribution in [2.45, 2.75) is 19.3 Å². The van der Waals surface area contributed by atoms with Gasteiger partial charge in [-0.1, -0.05) is 12.2 Å². The van der Waals surface area contributed by atoms with Gasteiger partial charge in [0.1, 0.15) is 0 Å². The fourth-order valence-corrected chi connectivity index (χ4v) is 6.09.